The molecule has 0 fully saturated rings. The van der Waals surface area contributed by atoms with Crippen LogP contribution in [0.5, 0.6) is 0 Å². The number of hydrogen-bond donors (Lipinski definition) is 0. The van der Waals surface area contributed by atoms with Crippen molar-refractivity contribution in [3.05, 3.63) is 103 Å². The van der Waals surface area contributed by atoms with Crippen molar-refractivity contribution >= 4 is 33.4 Å². The zero-order valence-electron chi connectivity index (χ0n) is 15.7. The predicted molar refractivity (Wildman–Crippen MR) is 116 cm³/mol. The molecule has 4 nitrogen and oxygen atoms in total. The summed E-state index contributed by atoms with van der Waals surface area (Å²) in [7, 11) is 0. The lowest BCUT2D eigenvalue weighted by Gasteiger charge is -2.22. The van der Waals surface area contributed by atoms with Gasteiger partial charge in [-0.1, -0.05) is 45.7 Å². The molecule has 0 radical (unpaired) electrons. The fourth-order valence-electron chi connectivity index (χ4n) is 2.97. The van der Waals surface area contributed by atoms with Crippen LogP contribution in [0.25, 0.3) is 0 Å². The maximum Gasteiger partial charge on any atom is 0.255 e. The van der Waals surface area contributed by atoms with E-state index in [4.69, 9.17) is 11.6 Å². The number of carbonyl (C=O) groups is 1. The molecule has 0 aliphatic rings. The summed E-state index contributed by atoms with van der Waals surface area (Å²) in [5.41, 5.74) is 1.32. The molecule has 0 atom stereocenters. The van der Waals surface area contributed by atoms with Crippen LogP contribution in [0.1, 0.15) is 28.4 Å². The molecule has 0 spiro atoms. The van der Waals surface area contributed by atoms with E-state index in [2.05, 4.69) is 15.9 Å². The minimum atomic E-state index is -0.372. The molecule has 1 amide bonds. The zero-order chi connectivity index (χ0) is 21.0. The maximum atomic E-state index is 14.1. The van der Waals surface area contributed by atoms with Crippen molar-refractivity contribution in [3.8, 4) is 0 Å². The lowest BCUT2D eigenvalue weighted by molar-refractivity contribution is 0.0750. The first-order valence-electron chi connectivity index (χ1n) is 9.06. The van der Waals surface area contributed by atoms with E-state index < -0.39 is 0 Å². The van der Waals surface area contributed by atoms with Crippen molar-refractivity contribution in [2.45, 2.75) is 20.0 Å². The second kappa shape index (κ2) is 9.37. The Morgan fingerprint density at radius 2 is 1.90 bits per heavy atom. The summed E-state index contributed by atoms with van der Waals surface area (Å²) in [5, 5.41) is 0.552. The predicted octanol–water partition coefficient (Wildman–Crippen LogP) is 5.11. The molecule has 0 unspecified atom stereocenters. The third-order valence-electron chi connectivity index (χ3n) is 4.57. The summed E-state index contributed by atoms with van der Waals surface area (Å²) in [6, 6.07) is 14.7. The van der Waals surface area contributed by atoms with Crippen LogP contribution in [0, 0.1) is 5.82 Å². The first-order chi connectivity index (χ1) is 13.9. The molecule has 0 bridgehead atoms. The number of pyridine rings is 1. The second-order valence-corrected chi connectivity index (χ2v) is 7.85. The molecule has 0 aliphatic carbocycles. The molecule has 0 N–H and O–H groups in total. The number of benzene rings is 2. The van der Waals surface area contributed by atoms with Crippen molar-refractivity contribution in [3.63, 3.8) is 0 Å². The Morgan fingerprint density at radius 3 is 2.62 bits per heavy atom. The lowest BCUT2D eigenvalue weighted by atomic mass is 10.1. The Balaban J connectivity index is 1.87. The van der Waals surface area contributed by atoms with E-state index in [-0.39, 0.29) is 30.4 Å². The van der Waals surface area contributed by atoms with Gasteiger partial charge in [-0.25, -0.2) is 4.39 Å². The SMILES string of the molecule is CCN(Cc1cc(Br)ccc1F)C(=O)c1ccc(=O)n(Cc2ccccc2Cl)c1. The van der Waals surface area contributed by atoms with Gasteiger partial charge in [0.2, 0.25) is 0 Å². The average molecular weight is 478 g/mol. The molecule has 0 aliphatic heterocycles. The van der Waals surface area contributed by atoms with Gasteiger partial charge in [-0.05, 0) is 42.8 Å². The van der Waals surface area contributed by atoms with Gasteiger partial charge in [0.15, 0.2) is 0 Å². The van der Waals surface area contributed by atoms with Crippen LogP contribution >= 0.6 is 27.5 Å². The summed E-state index contributed by atoms with van der Waals surface area (Å²) in [6.45, 7) is 2.61. The second-order valence-electron chi connectivity index (χ2n) is 6.53. The summed E-state index contributed by atoms with van der Waals surface area (Å²) in [6.07, 6.45) is 1.52. The van der Waals surface area contributed by atoms with E-state index in [1.54, 1.807) is 18.2 Å². The van der Waals surface area contributed by atoms with Gasteiger partial charge in [-0.3, -0.25) is 9.59 Å². The minimum Gasteiger partial charge on any atom is -0.334 e. The third kappa shape index (κ3) is 5.14. The van der Waals surface area contributed by atoms with Crippen LogP contribution < -0.4 is 5.56 Å². The smallest absolute Gasteiger partial charge is 0.255 e. The van der Waals surface area contributed by atoms with Crippen LogP contribution in [-0.4, -0.2) is 21.9 Å². The van der Waals surface area contributed by atoms with Gasteiger partial charge in [0.25, 0.3) is 11.5 Å². The first kappa shape index (κ1) is 21.3. The van der Waals surface area contributed by atoms with Crippen LogP contribution in [0.2, 0.25) is 5.02 Å². The molecule has 0 saturated heterocycles. The fraction of sp³-hybridized carbons (Fsp3) is 0.182. The van der Waals surface area contributed by atoms with Crippen molar-refractivity contribution in [2.24, 2.45) is 0 Å². The Morgan fingerprint density at radius 1 is 1.14 bits per heavy atom. The number of carbonyl (C=O) groups excluding carboxylic acids is 1. The van der Waals surface area contributed by atoms with Crippen molar-refractivity contribution in [2.75, 3.05) is 6.54 Å². The van der Waals surface area contributed by atoms with E-state index in [0.717, 1.165) is 10.0 Å². The average Bonchev–Trinajstić information content (AvgIpc) is 2.71. The maximum absolute atomic E-state index is 14.1. The number of aromatic nitrogens is 1. The molecule has 150 valence electrons. The quantitative estimate of drug-likeness (QED) is 0.495. The Labute approximate surface area is 181 Å². The molecule has 3 rings (SSSR count). The minimum absolute atomic E-state index is 0.129. The van der Waals surface area contributed by atoms with E-state index in [1.807, 2.05) is 25.1 Å². The number of amides is 1. The van der Waals surface area contributed by atoms with Crippen LogP contribution in [0.15, 0.2) is 70.1 Å². The van der Waals surface area contributed by atoms with Gasteiger partial charge in [-0.15, -0.1) is 0 Å². The third-order valence-corrected chi connectivity index (χ3v) is 5.43. The molecule has 7 heteroatoms. The highest BCUT2D eigenvalue weighted by atomic mass is 79.9. The van der Waals surface area contributed by atoms with Crippen LogP contribution in [0.3, 0.4) is 0 Å². The van der Waals surface area contributed by atoms with Gasteiger partial charge < -0.3 is 9.47 Å². The highest BCUT2D eigenvalue weighted by molar-refractivity contribution is 9.10. The van der Waals surface area contributed by atoms with Gasteiger partial charge in [0, 0.05) is 40.4 Å². The highest BCUT2D eigenvalue weighted by Crippen LogP contribution is 2.19. The highest BCUT2D eigenvalue weighted by Gasteiger charge is 2.18. The molecule has 2 aromatic carbocycles. The molecular formula is C22H19BrClFN2O2. The van der Waals surface area contributed by atoms with Crippen molar-refractivity contribution < 1.29 is 9.18 Å². The number of halogens is 3. The van der Waals surface area contributed by atoms with Gasteiger partial charge in [-0.2, -0.15) is 0 Å². The topological polar surface area (TPSA) is 42.3 Å². The van der Waals surface area contributed by atoms with E-state index in [9.17, 15) is 14.0 Å². The zero-order valence-corrected chi connectivity index (χ0v) is 18.1. The molecule has 3 aromatic rings. The van der Waals surface area contributed by atoms with Gasteiger partial charge in [0.05, 0.1) is 12.1 Å². The molecule has 1 heterocycles. The molecular weight excluding hydrogens is 459 g/mol. The van der Waals surface area contributed by atoms with Crippen LogP contribution in [0.4, 0.5) is 4.39 Å². The lowest BCUT2D eigenvalue weighted by Crippen LogP contribution is -2.32. The normalized spacial score (nSPS) is 10.8. The van der Waals surface area contributed by atoms with Crippen molar-refractivity contribution in [1.82, 2.24) is 9.47 Å². The molecule has 1 aromatic heterocycles. The Hall–Kier alpha value is -2.44. The number of nitrogens with zero attached hydrogens (tertiary/aromatic N) is 2. The Bertz CT molecular complexity index is 1100. The monoisotopic (exact) mass is 476 g/mol. The number of rotatable bonds is 6. The molecule has 29 heavy (non-hydrogen) atoms. The summed E-state index contributed by atoms with van der Waals surface area (Å²) in [4.78, 5) is 26.8. The van der Waals surface area contributed by atoms with Crippen LogP contribution in [-0.2, 0) is 13.1 Å². The first-order valence-corrected chi connectivity index (χ1v) is 10.2. The Kier molecular flexibility index (Phi) is 6.87. The molecule has 0 saturated carbocycles. The largest absolute Gasteiger partial charge is 0.334 e. The number of hydrogen-bond acceptors (Lipinski definition) is 2. The summed E-state index contributed by atoms with van der Waals surface area (Å²) < 4.78 is 16.3. The summed E-state index contributed by atoms with van der Waals surface area (Å²) in [5.74, 6) is -0.650. The summed E-state index contributed by atoms with van der Waals surface area (Å²) >= 11 is 9.52. The fourth-order valence-corrected chi connectivity index (χ4v) is 3.58. The van der Waals surface area contributed by atoms with E-state index >= 15 is 0 Å². The van der Waals surface area contributed by atoms with Crippen molar-refractivity contribution in [1.29, 1.82) is 0 Å². The van der Waals surface area contributed by atoms with Gasteiger partial charge in [0.1, 0.15) is 5.82 Å². The van der Waals surface area contributed by atoms with E-state index in [0.29, 0.717) is 22.7 Å². The standard InChI is InChI=1S/C22H19BrClFN2O2/c1-2-26(14-17-11-18(23)8-9-20(17)25)22(29)16-7-10-21(28)27(13-16)12-15-5-3-4-6-19(15)24/h3-11,13H,2,12,14H2,1H3. The van der Waals surface area contributed by atoms with E-state index in [1.165, 1.54) is 33.9 Å². The van der Waals surface area contributed by atoms with Gasteiger partial charge >= 0.3 is 0 Å².